The normalized spacial score (nSPS) is 19.0. The summed E-state index contributed by atoms with van der Waals surface area (Å²) in [6.45, 7) is 1.66. The summed E-state index contributed by atoms with van der Waals surface area (Å²) in [4.78, 5) is 25.3. The highest BCUT2D eigenvalue weighted by Gasteiger charge is 2.25. The van der Waals surface area contributed by atoms with Crippen LogP contribution in [0.25, 0.3) is 0 Å². The zero-order valence-electron chi connectivity index (χ0n) is 13.6. The minimum absolute atomic E-state index is 0.0000427. The molecule has 2 unspecified atom stereocenters. The highest BCUT2D eigenvalue weighted by Crippen LogP contribution is 2.23. The first-order chi connectivity index (χ1) is 11.1. The number of nitrogens with one attached hydrogen (secondary N) is 2. The molecule has 0 aromatic heterocycles. The molecule has 1 fully saturated rings. The van der Waals surface area contributed by atoms with Crippen LogP contribution in [0, 0.1) is 5.92 Å². The average molecular weight is 336 g/mol. The Balaban J connectivity index is 2.08. The molecule has 6 heteroatoms. The Morgan fingerprint density at radius 3 is 2.70 bits per heavy atom. The molecule has 126 valence electrons. The Hall–Kier alpha value is -1.53. The van der Waals surface area contributed by atoms with Gasteiger partial charge in [0.1, 0.15) is 0 Å². The van der Waals surface area contributed by atoms with Crippen LogP contribution in [0.4, 0.5) is 0 Å². The van der Waals surface area contributed by atoms with Crippen molar-refractivity contribution in [2.75, 3.05) is 26.5 Å². The third-order valence-corrected chi connectivity index (χ3v) is 4.84. The Morgan fingerprint density at radius 1 is 1.39 bits per heavy atom. The number of esters is 1. The summed E-state index contributed by atoms with van der Waals surface area (Å²) in [5.74, 6) is -0.361. The first-order valence-corrected chi connectivity index (χ1v) is 9.08. The maximum Gasteiger partial charge on any atom is 0.307 e. The van der Waals surface area contributed by atoms with E-state index in [1.165, 1.54) is 7.11 Å². The number of thioether (sulfide) groups is 1. The number of ether oxygens (including phenoxy) is 1. The molecule has 0 spiro atoms. The molecule has 1 aliphatic rings. The Bertz CT molecular complexity index is 527. The number of carbonyl (C=O) groups is 2. The van der Waals surface area contributed by atoms with Gasteiger partial charge >= 0.3 is 5.97 Å². The molecule has 2 atom stereocenters. The third-order valence-electron chi connectivity index (χ3n) is 4.10. The molecule has 0 aliphatic carbocycles. The van der Waals surface area contributed by atoms with E-state index in [1.807, 2.05) is 30.5 Å². The number of methoxy groups -OCH3 is 1. The van der Waals surface area contributed by atoms with Crippen molar-refractivity contribution in [2.24, 2.45) is 5.92 Å². The fourth-order valence-corrected chi connectivity index (χ4v) is 3.11. The number of carbonyl (C=O) groups excluding carboxylic acids is 2. The van der Waals surface area contributed by atoms with Gasteiger partial charge in [0, 0.05) is 11.4 Å². The summed E-state index contributed by atoms with van der Waals surface area (Å²) in [6.07, 6.45) is 4.04. The second kappa shape index (κ2) is 8.93. The molecule has 0 saturated carbocycles. The molecule has 2 N–H and O–H groups in total. The van der Waals surface area contributed by atoms with Crippen LogP contribution in [0.2, 0.25) is 0 Å². The molecule has 5 nitrogen and oxygen atoms in total. The van der Waals surface area contributed by atoms with Gasteiger partial charge in [-0.15, -0.1) is 11.8 Å². The van der Waals surface area contributed by atoms with Gasteiger partial charge in [0.25, 0.3) is 0 Å². The Morgan fingerprint density at radius 2 is 2.13 bits per heavy atom. The minimum atomic E-state index is -0.354. The lowest BCUT2D eigenvalue weighted by Crippen LogP contribution is -2.42. The van der Waals surface area contributed by atoms with E-state index >= 15 is 0 Å². The van der Waals surface area contributed by atoms with Crippen LogP contribution in [0.15, 0.2) is 29.2 Å². The molecule has 1 aliphatic heterocycles. The summed E-state index contributed by atoms with van der Waals surface area (Å²) >= 11 is 1.66. The lowest BCUT2D eigenvalue weighted by Gasteiger charge is -2.25. The summed E-state index contributed by atoms with van der Waals surface area (Å²) in [7, 11) is 1.36. The predicted molar refractivity (Wildman–Crippen MR) is 91.3 cm³/mol. The second-order valence-electron chi connectivity index (χ2n) is 5.66. The highest BCUT2D eigenvalue weighted by atomic mass is 32.2. The van der Waals surface area contributed by atoms with Crippen LogP contribution in [-0.4, -0.2) is 38.3 Å². The molecule has 1 saturated heterocycles. The van der Waals surface area contributed by atoms with Crippen molar-refractivity contribution in [1.82, 2.24) is 10.6 Å². The van der Waals surface area contributed by atoms with Crippen molar-refractivity contribution in [2.45, 2.75) is 30.2 Å². The molecular weight excluding hydrogens is 312 g/mol. The zero-order valence-corrected chi connectivity index (χ0v) is 14.4. The number of amides is 1. The van der Waals surface area contributed by atoms with Gasteiger partial charge in [-0.25, -0.2) is 0 Å². The van der Waals surface area contributed by atoms with Crippen molar-refractivity contribution in [3.63, 3.8) is 0 Å². The average Bonchev–Trinajstić information content (AvgIpc) is 2.61. The van der Waals surface area contributed by atoms with Gasteiger partial charge in [-0.3, -0.25) is 9.59 Å². The first-order valence-electron chi connectivity index (χ1n) is 7.86. The number of rotatable bonds is 6. The van der Waals surface area contributed by atoms with Crippen LogP contribution >= 0.6 is 11.8 Å². The van der Waals surface area contributed by atoms with E-state index in [2.05, 4.69) is 10.6 Å². The van der Waals surface area contributed by atoms with Gasteiger partial charge in [0.15, 0.2) is 0 Å². The quantitative estimate of drug-likeness (QED) is 0.615. The van der Waals surface area contributed by atoms with Gasteiger partial charge < -0.3 is 15.4 Å². The van der Waals surface area contributed by atoms with Gasteiger partial charge in [-0.2, -0.15) is 0 Å². The van der Waals surface area contributed by atoms with Crippen molar-refractivity contribution >= 4 is 23.6 Å². The fraction of sp³-hybridized carbons (Fsp3) is 0.529. The van der Waals surface area contributed by atoms with Crippen LogP contribution in [0.3, 0.4) is 0 Å². The predicted octanol–water partition coefficient (Wildman–Crippen LogP) is 2.13. The van der Waals surface area contributed by atoms with Crippen molar-refractivity contribution in [3.8, 4) is 0 Å². The summed E-state index contributed by atoms with van der Waals surface area (Å²) in [5.41, 5.74) is 0.922. The molecule has 0 bridgehead atoms. The third kappa shape index (κ3) is 5.25. The lowest BCUT2D eigenvalue weighted by molar-refractivity contribution is -0.141. The van der Waals surface area contributed by atoms with Gasteiger partial charge in [0.05, 0.1) is 25.5 Å². The van der Waals surface area contributed by atoms with E-state index in [4.69, 9.17) is 4.74 Å². The van der Waals surface area contributed by atoms with Crippen LogP contribution in [-0.2, 0) is 14.3 Å². The monoisotopic (exact) mass is 336 g/mol. The summed E-state index contributed by atoms with van der Waals surface area (Å²) < 4.78 is 4.77. The smallest absolute Gasteiger partial charge is 0.307 e. The fourth-order valence-electron chi connectivity index (χ4n) is 2.70. The Labute approximate surface area is 141 Å². The molecule has 1 aromatic carbocycles. The van der Waals surface area contributed by atoms with Crippen molar-refractivity contribution in [1.29, 1.82) is 0 Å². The lowest BCUT2D eigenvalue weighted by atomic mass is 9.97. The maximum absolute atomic E-state index is 12.5. The molecule has 0 radical (unpaired) electrons. The molecule has 1 heterocycles. The van der Waals surface area contributed by atoms with E-state index in [9.17, 15) is 9.59 Å². The van der Waals surface area contributed by atoms with Crippen LogP contribution in [0.1, 0.15) is 30.9 Å². The molecule has 23 heavy (non-hydrogen) atoms. The Kier molecular flexibility index (Phi) is 6.92. The summed E-state index contributed by atoms with van der Waals surface area (Å²) in [6, 6.07) is 7.56. The van der Waals surface area contributed by atoms with Crippen LogP contribution in [0.5, 0.6) is 0 Å². The zero-order chi connectivity index (χ0) is 16.7. The first kappa shape index (κ1) is 17.8. The van der Waals surface area contributed by atoms with Crippen molar-refractivity contribution < 1.29 is 14.3 Å². The van der Waals surface area contributed by atoms with E-state index in [-0.39, 0.29) is 30.3 Å². The van der Waals surface area contributed by atoms with E-state index in [0.717, 1.165) is 29.8 Å². The van der Waals surface area contributed by atoms with Crippen molar-refractivity contribution in [3.05, 3.63) is 29.8 Å². The maximum atomic E-state index is 12.5. The van der Waals surface area contributed by atoms with Gasteiger partial charge in [-0.1, -0.05) is 12.1 Å². The number of hydrogen-bond acceptors (Lipinski definition) is 5. The molecule has 1 amide bonds. The second-order valence-corrected chi connectivity index (χ2v) is 6.54. The van der Waals surface area contributed by atoms with Crippen LogP contribution < -0.4 is 10.6 Å². The standard InChI is InChI=1S/C17H24N2O3S/c1-22-16(20)10-15(12-5-7-14(23-2)8-6-12)19-17(21)13-4-3-9-18-11-13/h5-8,13,15,18H,3-4,9-11H2,1-2H3,(H,19,21). The van der Waals surface area contributed by atoms with E-state index in [1.54, 1.807) is 11.8 Å². The topological polar surface area (TPSA) is 67.4 Å². The number of piperidine rings is 1. The highest BCUT2D eigenvalue weighted by molar-refractivity contribution is 7.98. The number of hydrogen-bond donors (Lipinski definition) is 2. The molecule has 2 rings (SSSR count). The van der Waals surface area contributed by atoms with E-state index < -0.39 is 0 Å². The minimum Gasteiger partial charge on any atom is -0.469 e. The number of benzene rings is 1. The van der Waals surface area contributed by atoms with Gasteiger partial charge in [0.2, 0.25) is 5.91 Å². The summed E-state index contributed by atoms with van der Waals surface area (Å²) in [5, 5.41) is 6.26. The SMILES string of the molecule is COC(=O)CC(NC(=O)C1CCCNC1)c1ccc(SC)cc1. The molecule has 1 aromatic rings. The van der Waals surface area contributed by atoms with E-state index in [0.29, 0.717) is 6.54 Å². The van der Waals surface area contributed by atoms with Gasteiger partial charge in [-0.05, 0) is 43.3 Å². The largest absolute Gasteiger partial charge is 0.469 e. The molecular formula is C17H24N2O3S.